The number of hydrogen-bond acceptors (Lipinski definition) is 2. The topological polar surface area (TPSA) is 21.3 Å². The highest BCUT2D eigenvalue weighted by Crippen LogP contribution is 2.34. The van der Waals surface area contributed by atoms with Gasteiger partial charge >= 0.3 is 0 Å². The minimum Gasteiger partial charge on any atom is -0.376 e. The van der Waals surface area contributed by atoms with Crippen molar-refractivity contribution in [2.24, 2.45) is 5.92 Å². The Labute approximate surface area is 129 Å². The van der Waals surface area contributed by atoms with Crippen molar-refractivity contribution in [1.29, 1.82) is 0 Å². The summed E-state index contributed by atoms with van der Waals surface area (Å²) in [5.41, 5.74) is 2.99. The van der Waals surface area contributed by atoms with E-state index in [-0.39, 0.29) is 0 Å². The van der Waals surface area contributed by atoms with Gasteiger partial charge in [-0.05, 0) is 55.7 Å². The normalized spacial score (nSPS) is 25.4. The number of hydrogen-bond donors (Lipinski definition) is 1. The van der Waals surface area contributed by atoms with Gasteiger partial charge in [-0.15, -0.1) is 0 Å². The van der Waals surface area contributed by atoms with E-state index in [0.29, 0.717) is 12.1 Å². The van der Waals surface area contributed by atoms with Crippen LogP contribution in [-0.2, 0) is 11.2 Å². The Morgan fingerprint density at radius 3 is 2.86 bits per heavy atom. The molecule has 2 atom stereocenters. The van der Waals surface area contributed by atoms with Crippen molar-refractivity contribution in [3.63, 3.8) is 0 Å². The number of fused-ring (bicyclic) bond motifs is 1. The summed E-state index contributed by atoms with van der Waals surface area (Å²) in [5.74, 6) is 0.963. The standard InChI is InChI=1S/C19H29NO/c1-2-13-20-19-17-8-4-3-6-16(17)7-5-9-18(19)21-14-12-15-10-11-15/h3-4,6,8,15,18-20H,2,5,7,9-14H2,1H3. The maximum absolute atomic E-state index is 6.32. The van der Waals surface area contributed by atoms with Gasteiger partial charge < -0.3 is 10.1 Å². The molecule has 0 amide bonds. The minimum atomic E-state index is 0.346. The quantitative estimate of drug-likeness (QED) is 0.757. The van der Waals surface area contributed by atoms with Gasteiger partial charge in [0.2, 0.25) is 0 Å². The summed E-state index contributed by atoms with van der Waals surface area (Å²) in [6, 6.07) is 9.31. The summed E-state index contributed by atoms with van der Waals surface area (Å²) in [6.07, 6.45) is 9.26. The van der Waals surface area contributed by atoms with Gasteiger partial charge in [-0.2, -0.15) is 0 Å². The summed E-state index contributed by atoms with van der Waals surface area (Å²) in [4.78, 5) is 0. The van der Waals surface area contributed by atoms with Crippen LogP contribution in [0.15, 0.2) is 24.3 Å². The van der Waals surface area contributed by atoms with Crippen LogP contribution in [0.4, 0.5) is 0 Å². The van der Waals surface area contributed by atoms with E-state index < -0.39 is 0 Å². The number of ether oxygens (including phenoxy) is 1. The second kappa shape index (κ2) is 7.42. The van der Waals surface area contributed by atoms with Crippen LogP contribution in [0.2, 0.25) is 0 Å². The van der Waals surface area contributed by atoms with Crippen molar-refractivity contribution in [2.75, 3.05) is 13.2 Å². The molecule has 1 aromatic rings. The molecule has 0 spiro atoms. The van der Waals surface area contributed by atoms with Gasteiger partial charge in [0.1, 0.15) is 0 Å². The zero-order valence-corrected chi connectivity index (χ0v) is 13.3. The molecule has 2 heteroatoms. The molecule has 1 aromatic carbocycles. The zero-order chi connectivity index (χ0) is 14.5. The van der Waals surface area contributed by atoms with Crippen LogP contribution in [-0.4, -0.2) is 19.3 Å². The van der Waals surface area contributed by atoms with Gasteiger partial charge in [0, 0.05) is 6.61 Å². The van der Waals surface area contributed by atoms with Crippen molar-refractivity contribution in [3.8, 4) is 0 Å². The molecular formula is C19H29NO. The van der Waals surface area contributed by atoms with Crippen LogP contribution in [0.25, 0.3) is 0 Å². The van der Waals surface area contributed by atoms with Gasteiger partial charge in [-0.3, -0.25) is 0 Å². The minimum absolute atomic E-state index is 0.346. The van der Waals surface area contributed by atoms with Crippen molar-refractivity contribution >= 4 is 0 Å². The number of rotatable bonds is 7. The lowest BCUT2D eigenvalue weighted by Gasteiger charge is -2.28. The van der Waals surface area contributed by atoms with E-state index in [1.54, 1.807) is 0 Å². The first kappa shape index (κ1) is 15.1. The Balaban J connectivity index is 1.69. The van der Waals surface area contributed by atoms with E-state index in [1.165, 1.54) is 56.1 Å². The average molecular weight is 287 g/mol. The largest absolute Gasteiger partial charge is 0.376 e. The fourth-order valence-electron chi connectivity index (χ4n) is 3.44. The number of nitrogens with one attached hydrogen (secondary N) is 1. The molecule has 116 valence electrons. The Hall–Kier alpha value is -0.860. The van der Waals surface area contributed by atoms with E-state index in [2.05, 4.69) is 36.5 Å². The monoisotopic (exact) mass is 287 g/mol. The lowest BCUT2D eigenvalue weighted by molar-refractivity contribution is 0.0178. The molecule has 2 unspecified atom stereocenters. The molecule has 0 saturated heterocycles. The number of aryl methyl sites for hydroxylation is 1. The Bertz CT molecular complexity index is 441. The van der Waals surface area contributed by atoms with Crippen LogP contribution in [0, 0.1) is 5.92 Å². The smallest absolute Gasteiger partial charge is 0.0769 e. The van der Waals surface area contributed by atoms with Gasteiger partial charge in [0.05, 0.1) is 12.1 Å². The third kappa shape index (κ3) is 4.08. The van der Waals surface area contributed by atoms with Crippen LogP contribution in [0.1, 0.15) is 62.6 Å². The van der Waals surface area contributed by atoms with Gasteiger partial charge in [-0.25, -0.2) is 0 Å². The molecule has 1 saturated carbocycles. The molecule has 0 radical (unpaired) electrons. The van der Waals surface area contributed by atoms with E-state index in [4.69, 9.17) is 4.74 Å². The molecule has 21 heavy (non-hydrogen) atoms. The second-order valence-corrected chi connectivity index (χ2v) is 6.66. The Kier molecular flexibility index (Phi) is 5.32. The molecule has 1 N–H and O–H groups in total. The van der Waals surface area contributed by atoms with E-state index in [1.807, 2.05) is 0 Å². The highest BCUT2D eigenvalue weighted by Gasteiger charge is 2.28. The highest BCUT2D eigenvalue weighted by molar-refractivity contribution is 5.32. The van der Waals surface area contributed by atoms with Gasteiger partial charge in [-0.1, -0.05) is 44.0 Å². The van der Waals surface area contributed by atoms with Crippen LogP contribution >= 0.6 is 0 Å². The molecule has 0 aromatic heterocycles. The third-order valence-corrected chi connectivity index (χ3v) is 4.87. The molecule has 2 aliphatic rings. The molecule has 3 rings (SSSR count). The molecular weight excluding hydrogens is 258 g/mol. The highest BCUT2D eigenvalue weighted by atomic mass is 16.5. The van der Waals surface area contributed by atoms with E-state index in [0.717, 1.165) is 19.1 Å². The predicted octanol–water partition coefficient (Wildman–Crippen LogP) is 4.25. The summed E-state index contributed by atoms with van der Waals surface area (Å²) in [7, 11) is 0. The SMILES string of the molecule is CCCNC1c2ccccc2CCCC1OCCC1CC1. The van der Waals surface area contributed by atoms with Crippen LogP contribution < -0.4 is 5.32 Å². The maximum atomic E-state index is 6.32. The van der Waals surface area contributed by atoms with Crippen molar-refractivity contribution in [2.45, 2.75) is 64.0 Å². The predicted molar refractivity (Wildman–Crippen MR) is 87.5 cm³/mol. The summed E-state index contributed by atoms with van der Waals surface area (Å²) < 4.78 is 6.32. The lowest BCUT2D eigenvalue weighted by atomic mass is 9.97. The Morgan fingerprint density at radius 1 is 1.19 bits per heavy atom. The molecule has 0 aliphatic heterocycles. The molecule has 0 bridgehead atoms. The van der Waals surface area contributed by atoms with Crippen molar-refractivity contribution < 1.29 is 4.74 Å². The van der Waals surface area contributed by atoms with Gasteiger partial charge in [0.15, 0.2) is 0 Å². The number of benzene rings is 1. The average Bonchev–Trinajstić information content (AvgIpc) is 3.33. The van der Waals surface area contributed by atoms with Crippen molar-refractivity contribution in [3.05, 3.63) is 35.4 Å². The zero-order valence-electron chi connectivity index (χ0n) is 13.3. The van der Waals surface area contributed by atoms with Gasteiger partial charge in [0.25, 0.3) is 0 Å². The first-order valence-electron chi connectivity index (χ1n) is 8.81. The summed E-state index contributed by atoms with van der Waals surface area (Å²) >= 11 is 0. The fourth-order valence-corrected chi connectivity index (χ4v) is 3.44. The van der Waals surface area contributed by atoms with Crippen LogP contribution in [0.3, 0.4) is 0 Å². The second-order valence-electron chi connectivity index (χ2n) is 6.66. The molecule has 0 heterocycles. The van der Waals surface area contributed by atoms with E-state index in [9.17, 15) is 0 Å². The molecule has 1 fully saturated rings. The first-order valence-corrected chi connectivity index (χ1v) is 8.81. The third-order valence-electron chi connectivity index (χ3n) is 4.87. The van der Waals surface area contributed by atoms with Crippen LogP contribution in [0.5, 0.6) is 0 Å². The van der Waals surface area contributed by atoms with Crippen molar-refractivity contribution in [1.82, 2.24) is 5.32 Å². The fraction of sp³-hybridized carbons (Fsp3) is 0.684. The Morgan fingerprint density at radius 2 is 2.05 bits per heavy atom. The maximum Gasteiger partial charge on any atom is 0.0769 e. The summed E-state index contributed by atoms with van der Waals surface area (Å²) in [6.45, 7) is 4.25. The van der Waals surface area contributed by atoms with E-state index >= 15 is 0 Å². The summed E-state index contributed by atoms with van der Waals surface area (Å²) in [5, 5.41) is 3.75. The lowest BCUT2D eigenvalue weighted by Crippen LogP contribution is -2.34. The first-order chi connectivity index (χ1) is 10.4. The molecule has 2 aliphatic carbocycles. The molecule has 2 nitrogen and oxygen atoms in total.